The van der Waals surface area contributed by atoms with E-state index in [1.807, 2.05) is 7.11 Å². The summed E-state index contributed by atoms with van der Waals surface area (Å²) in [6.07, 6.45) is 0. The average Bonchev–Trinajstić information content (AvgIpc) is 1.89. The van der Waals surface area contributed by atoms with Crippen LogP contribution in [0.25, 0.3) is 0 Å². The Morgan fingerprint density at radius 2 is 2.20 bits per heavy atom. The average molecular weight is 174 g/mol. The zero-order chi connectivity index (χ0) is 8.04. The van der Waals surface area contributed by atoms with Crippen LogP contribution < -0.4 is 0 Å². The molecule has 0 fully saturated rings. The summed E-state index contributed by atoms with van der Waals surface area (Å²) in [5, 5.41) is 0. The Hall–Kier alpha value is 0.134. The van der Waals surface area contributed by atoms with Gasteiger partial charge in [0.05, 0.1) is 8.07 Å². The Balaban J connectivity index is 3.37. The van der Waals surface area contributed by atoms with E-state index in [9.17, 15) is 0 Å². The van der Waals surface area contributed by atoms with Crippen LogP contribution in [0, 0.1) is 0 Å². The zero-order valence-corrected chi connectivity index (χ0v) is 9.73. The molecule has 0 aromatic carbocycles. The monoisotopic (exact) mass is 174 g/mol. The molecular weight excluding hydrogens is 156 g/mol. The molecular formula is C7H18OSi2. The van der Waals surface area contributed by atoms with Gasteiger partial charge in [0.25, 0.3) is 0 Å². The smallest absolute Gasteiger partial charge is 0.160 e. The maximum absolute atomic E-state index is 5.11. The minimum atomic E-state index is -0.996. The van der Waals surface area contributed by atoms with Gasteiger partial charge in [-0.25, -0.2) is 0 Å². The minimum Gasteiger partial charge on any atom is -0.427 e. The third kappa shape index (κ3) is 4.96. The van der Waals surface area contributed by atoms with Crippen LogP contribution in [-0.4, -0.2) is 24.9 Å². The van der Waals surface area contributed by atoms with Crippen LogP contribution in [0.1, 0.15) is 0 Å². The van der Waals surface area contributed by atoms with Crippen LogP contribution in [0.5, 0.6) is 0 Å². The molecule has 60 valence electrons. The molecule has 0 aromatic heterocycles. The molecule has 0 radical (unpaired) electrons. The predicted octanol–water partition coefficient (Wildman–Crippen LogP) is 1.57. The molecule has 0 spiro atoms. The van der Waals surface area contributed by atoms with E-state index >= 15 is 0 Å². The molecule has 1 nitrogen and oxygen atoms in total. The molecule has 0 aliphatic carbocycles. The van der Waals surface area contributed by atoms with Crippen molar-refractivity contribution in [2.24, 2.45) is 0 Å². The van der Waals surface area contributed by atoms with Crippen LogP contribution in [-0.2, 0) is 4.43 Å². The Kier molecular flexibility index (Phi) is 4.94. The highest BCUT2D eigenvalue weighted by Crippen LogP contribution is 2.12. The highest BCUT2D eigenvalue weighted by atomic mass is 28.3. The maximum atomic E-state index is 5.11. The second kappa shape index (κ2) is 4.87. The fourth-order valence-corrected chi connectivity index (χ4v) is 5.49. The van der Waals surface area contributed by atoms with Crippen LogP contribution in [0.2, 0.25) is 25.2 Å². The summed E-state index contributed by atoms with van der Waals surface area (Å²) in [6.45, 7) is 8.55. The lowest BCUT2D eigenvalue weighted by molar-refractivity contribution is 0.442. The molecule has 0 rings (SSSR count). The van der Waals surface area contributed by atoms with Crippen molar-refractivity contribution in [1.82, 2.24) is 0 Å². The van der Waals surface area contributed by atoms with Crippen molar-refractivity contribution in [1.29, 1.82) is 0 Å². The van der Waals surface area contributed by atoms with Crippen LogP contribution >= 0.6 is 0 Å². The van der Waals surface area contributed by atoms with Gasteiger partial charge in [0, 0.05) is 7.11 Å². The van der Waals surface area contributed by atoms with Crippen molar-refractivity contribution in [3.8, 4) is 0 Å². The molecule has 0 bridgehead atoms. The standard InChI is InChI=1S/C7H18OSi2/c1-5-10(3,4)7-6-9-8-2/h5H,1,6-7,9H2,2-4H3. The Morgan fingerprint density at radius 3 is 2.60 bits per heavy atom. The van der Waals surface area contributed by atoms with Crippen LogP contribution in [0.3, 0.4) is 0 Å². The molecule has 0 aromatic rings. The first-order valence-electron chi connectivity index (χ1n) is 3.75. The summed E-state index contributed by atoms with van der Waals surface area (Å²) in [4.78, 5) is 0. The SMILES string of the molecule is C=C[Si](C)(C)CC[SiH2]OC. The summed E-state index contributed by atoms with van der Waals surface area (Å²) in [5.41, 5.74) is 2.16. The zero-order valence-electron chi connectivity index (χ0n) is 7.31. The van der Waals surface area contributed by atoms with Gasteiger partial charge >= 0.3 is 0 Å². The summed E-state index contributed by atoms with van der Waals surface area (Å²) in [6, 6.07) is 2.68. The van der Waals surface area contributed by atoms with Gasteiger partial charge < -0.3 is 4.43 Å². The Morgan fingerprint density at radius 1 is 1.60 bits per heavy atom. The normalized spacial score (nSPS) is 12.7. The topological polar surface area (TPSA) is 9.23 Å². The first kappa shape index (κ1) is 10.1. The summed E-state index contributed by atoms with van der Waals surface area (Å²) < 4.78 is 5.11. The number of hydrogen-bond donors (Lipinski definition) is 0. The van der Waals surface area contributed by atoms with E-state index < -0.39 is 8.07 Å². The fraction of sp³-hybridized carbons (Fsp3) is 0.714. The molecule has 0 saturated heterocycles. The third-order valence-corrected chi connectivity index (χ3v) is 6.23. The lowest BCUT2D eigenvalue weighted by atomic mass is 10.9. The molecule has 3 heteroatoms. The van der Waals surface area contributed by atoms with Gasteiger partial charge in [-0.1, -0.05) is 19.1 Å². The summed E-state index contributed by atoms with van der Waals surface area (Å²) in [5.74, 6) is 0. The molecule has 0 N–H and O–H groups in total. The highest BCUT2D eigenvalue weighted by molar-refractivity contribution is 6.82. The highest BCUT2D eigenvalue weighted by Gasteiger charge is 2.14. The van der Waals surface area contributed by atoms with Gasteiger partial charge in [0.15, 0.2) is 9.76 Å². The Labute approximate surface area is 67.4 Å². The summed E-state index contributed by atoms with van der Waals surface area (Å²) >= 11 is 0. The van der Waals surface area contributed by atoms with E-state index in [1.54, 1.807) is 0 Å². The van der Waals surface area contributed by atoms with Gasteiger partial charge in [-0.2, -0.15) is 0 Å². The minimum absolute atomic E-state index is 0.180. The van der Waals surface area contributed by atoms with Crippen molar-refractivity contribution < 1.29 is 4.43 Å². The van der Waals surface area contributed by atoms with E-state index in [-0.39, 0.29) is 9.76 Å². The van der Waals surface area contributed by atoms with Gasteiger partial charge in [-0.05, 0) is 6.04 Å². The van der Waals surface area contributed by atoms with Crippen molar-refractivity contribution >= 4 is 17.8 Å². The number of rotatable bonds is 5. The molecule has 0 atom stereocenters. The molecule has 0 saturated carbocycles. The quantitative estimate of drug-likeness (QED) is 0.454. The van der Waals surface area contributed by atoms with E-state index in [0.717, 1.165) is 0 Å². The van der Waals surface area contributed by atoms with Crippen molar-refractivity contribution in [3.63, 3.8) is 0 Å². The van der Waals surface area contributed by atoms with Crippen LogP contribution in [0.4, 0.5) is 0 Å². The van der Waals surface area contributed by atoms with Gasteiger partial charge in [0.2, 0.25) is 0 Å². The maximum Gasteiger partial charge on any atom is 0.160 e. The van der Waals surface area contributed by atoms with E-state index in [1.165, 1.54) is 12.1 Å². The van der Waals surface area contributed by atoms with Crippen molar-refractivity contribution in [3.05, 3.63) is 12.3 Å². The van der Waals surface area contributed by atoms with Crippen molar-refractivity contribution in [2.75, 3.05) is 7.11 Å². The Bertz CT molecular complexity index is 102. The first-order valence-corrected chi connectivity index (χ1v) is 8.61. The fourth-order valence-electron chi connectivity index (χ4n) is 0.774. The molecule has 0 unspecified atom stereocenters. The van der Waals surface area contributed by atoms with E-state index in [4.69, 9.17) is 4.43 Å². The lowest BCUT2D eigenvalue weighted by Gasteiger charge is -2.15. The first-order chi connectivity index (χ1) is 4.62. The molecule has 10 heavy (non-hydrogen) atoms. The largest absolute Gasteiger partial charge is 0.427 e. The van der Waals surface area contributed by atoms with Crippen molar-refractivity contribution in [2.45, 2.75) is 25.2 Å². The second-order valence-corrected chi connectivity index (χ2v) is 9.87. The second-order valence-electron chi connectivity index (χ2n) is 3.29. The van der Waals surface area contributed by atoms with E-state index in [0.29, 0.717) is 0 Å². The molecule has 0 aliphatic heterocycles. The van der Waals surface area contributed by atoms with E-state index in [2.05, 4.69) is 25.4 Å². The number of hydrogen-bond acceptors (Lipinski definition) is 1. The van der Waals surface area contributed by atoms with Gasteiger partial charge in [0.1, 0.15) is 0 Å². The molecule has 0 heterocycles. The van der Waals surface area contributed by atoms with Gasteiger partial charge in [-0.15, -0.1) is 12.3 Å². The third-order valence-electron chi connectivity index (χ3n) is 1.72. The summed E-state index contributed by atoms with van der Waals surface area (Å²) in [7, 11) is 0.638. The van der Waals surface area contributed by atoms with Gasteiger partial charge in [-0.3, -0.25) is 0 Å². The lowest BCUT2D eigenvalue weighted by Crippen LogP contribution is -2.22. The predicted molar refractivity (Wildman–Crippen MR) is 52.8 cm³/mol. The molecule has 0 amide bonds. The molecule has 0 aliphatic rings. The van der Waals surface area contributed by atoms with Crippen LogP contribution in [0.15, 0.2) is 12.3 Å².